The van der Waals surface area contributed by atoms with Crippen LogP contribution in [0.2, 0.25) is 0 Å². The lowest BCUT2D eigenvalue weighted by atomic mass is 9.88. The molecule has 3 fully saturated rings. The highest BCUT2D eigenvalue weighted by Gasteiger charge is 2.35. The zero-order valence-corrected chi connectivity index (χ0v) is 13.7. The quantitative estimate of drug-likeness (QED) is 0.845. The number of hydrogen-bond donors (Lipinski definition) is 1. The molecule has 1 N–H and O–H groups in total. The van der Waals surface area contributed by atoms with Crippen molar-refractivity contribution in [3.63, 3.8) is 0 Å². The van der Waals surface area contributed by atoms with E-state index >= 15 is 0 Å². The fourth-order valence-electron chi connectivity index (χ4n) is 4.16. The summed E-state index contributed by atoms with van der Waals surface area (Å²) in [4.78, 5) is 2.79. The summed E-state index contributed by atoms with van der Waals surface area (Å²) in [6.07, 6.45) is 10.1. The summed E-state index contributed by atoms with van der Waals surface area (Å²) < 4.78 is 5.88. The van der Waals surface area contributed by atoms with E-state index in [1.807, 2.05) is 0 Å². The highest BCUT2D eigenvalue weighted by molar-refractivity contribution is 5.85. The molecule has 0 bridgehead atoms. The molecule has 3 rings (SSSR count). The van der Waals surface area contributed by atoms with Crippen LogP contribution in [0.5, 0.6) is 0 Å². The average molecular weight is 303 g/mol. The fraction of sp³-hybridized carbons (Fsp3) is 1.00. The van der Waals surface area contributed by atoms with Crippen molar-refractivity contribution in [2.75, 3.05) is 32.8 Å². The van der Waals surface area contributed by atoms with Crippen LogP contribution >= 0.6 is 12.4 Å². The second kappa shape index (κ2) is 7.44. The number of nitrogens with one attached hydrogen (secondary N) is 1. The standard InChI is InChI=1S/C16H30N2O.ClH/c1-16(8-9-17-12-16)13-18(14-5-2-3-6-14)11-15-7-4-10-19-15;/h14-15,17H,2-13H2,1H3;1H. The molecule has 3 nitrogen and oxygen atoms in total. The van der Waals surface area contributed by atoms with Crippen molar-refractivity contribution in [2.45, 2.75) is 64.0 Å². The van der Waals surface area contributed by atoms with Crippen LogP contribution in [0.15, 0.2) is 0 Å². The maximum absolute atomic E-state index is 5.88. The summed E-state index contributed by atoms with van der Waals surface area (Å²) in [5, 5.41) is 3.54. The molecule has 0 aromatic rings. The predicted octanol–water partition coefficient (Wildman–Crippen LogP) is 2.83. The first-order chi connectivity index (χ1) is 9.25. The van der Waals surface area contributed by atoms with Crippen LogP contribution < -0.4 is 5.32 Å². The zero-order chi connectivity index (χ0) is 13.1. The van der Waals surface area contributed by atoms with Crippen LogP contribution in [-0.4, -0.2) is 49.8 Å². The Morgan fingerprint density at radius 2 is 2.00 bits per heavy atom. The van der Waals surface area contributed by atoms with Crippen molar-refractivity contribution >= 4 is 12.4 Å². The van der Waals surface area contributed by atoms with Gasteiger partial charge in [-0.2, -0.15) is 0 Å². The van der Waals surface area contributed by atoms with E-state index in [1.54, 1.807) is 0 Å². The van der Waals surface area contributed by atoms with Crippen molar-refractivity contribution < 1.29 is 4.74 Å². The van der Waals surface area contributed by atoms with Crippen molar-refractivity contribution in [3.05, 3.63) is 0 Å². The van der Waals surface area contributed by atoms with Crippen molar-refractivity contribution in [2.24, 2.45) is 5.41 Å². The SMILES string of the molecule is CC1(CN(CC2CCCO2)C2CCCC2)CCNC1.Cl. The van der Waals surface area contributed by atoms with Gasteiger partial charge in [0.15, 0.2) is 0 Å². The molecule has 0 radical (unpaired) electrons. The monoisotopic (exact) mass is 302 g/mol. The van der Waals surface area contributed by atoms with Gasteiger partial charge in [0.05, 0.1) is 6.10 Å². The molecule has 0 spiro atoms. The third kappa shape index (κ3) is 4.09. The molecule has 20 heavy (non-hydrogen) atoms. The Hall–Kier alpha value is 0.170. The van der Waals surface area contributed by atoms with Gasteiger partial charge in [-0.25, -0.2) is 0 Å². The largest absolute Gasteiger partial charge is 0.377 e. The lowest BCUT2D eigenvalue weighted by Crippen LogP contribution is -2.45. The Labute approximate surface area is 130 Å². The maximum atomic E-state index is 5.88. The van der Waals surface area contributed by atoms with Gasteiger partial charge in [0.1, 0.15) is 0 Å². The Morgan fingerprint density at radius 3 is 2.60 bits per heavy atom. The van der Waals surface area contributed by atoms with Crippen molar-refractivity contribution in [3.8, 4) is 0 Å². The van der Waals surface area contributed by atoms with Gasteiger partial charge in [0.25, 0.3) is 0 Å². The average Bonchev–Trinajstić information content (AvgIpc) is 3.09. The van der Waals surface area contributed by atoms with Gasteiger partial charge >= 0.3 is 0 Å². The molecule has 1 saturated carbocycles. The van der Waals surface area contributed by atoms with Crippen LogP contribution in [0.4, 0.5) is 0 Å². The first-order valence-corrected chi connectivity index (χ1v) is 8.32. The molecule has 118 valence electrons. The van der Waals surface area contributed by atoms with Gasteiger partial charge in [0.2, 0.25) is 0 Å². The van der Waals surface area contributed by atoms with Crippen LogP contribution in [0.1, 0.15) is 51.9 Å². The number of rotatable bonds is 5. The normalized spacial score (nSPS) is 34.8. The van der Waals surface area contributed by atoms with E-state index in [4.69, 9.17) is 4.74 Å². The van der Waals surface area contributed by atoms with E-state index in [0.717, 1.165) is 12.6 Å². The van der Waals surface area contributed by atoms with Crippen LogP contribution in [0.3, 0.4) is 0 Å². The molecular formula is C16H31ClN2O. The summed E-state index contributed by atoms with van der Waals surface area (Å²) in [7, 11) is 0. The molecule has 2 saturated heterocycles. The molecule has 4 heteroatoms. The predicted molar refractivity (Wildman–Crippen MR) is 85.6 cm³/mol. The van der Waals surface area contributed by atoms with Gasteiger partial charge in [0, 0.05) is 32.3 Å². The van der Waals surface area contributed by atoms with E-state index in [2.05, 4.69) is 17.1 Å². The molecule has 1 aliphatic carbocycles. The van der Waals surface area contributed by atoms with Crippen LogP contribution in [0, 0.1) is 5.41 Å². The number of halogens is 1. The maximum Gasteiger partial charge on any atom is 0.0702 e. The summed E-state index contributed by atoms with van der Waals surface area (Å²) in [5.41, 5.74) is 0.487. The molecule has 2 aliphatic heterocycles. The summed E-state index contributed by atoms with van der Waals surface area (Å²) in [6, 6.07) is 0.835. The zero-order valence-electron chi connectivity index (χ0n) is 12.9. The molecular weight excluding hydrogens is 272 g/mol. The van der Waals surface area contributed by atoms with Crippen LogP contribution in [-0.2, 0) is 4.74 Å². The topological polar surface area (TPSA) is 24.5 Å². The molecule has 2 heterocycles. The van der Waals surface area contributed by atoms with E-state index in [-0.39, 0.29) is 12.4 Å². The molecule has 2 atom stereocenters. The van der Waals surface area contributed by atoms with Crippen molar-refractivity contribution in [1.82, 2.24) is 10.2 Å². The number of ether oxygens (including phenoxy) is 1. The molecule has 2 unspecified atom stereocenters. The van der Waals surface area contributed by atoms with E-state index in [9.17, 15) is 0 Å². The molecule has 0 aromatic carbocycles. The lowest BCUT2D eigenvalue weighted by molar-refractivity contribution is 0.0402. The van der Waals surface area contributed by atoms with Gasteiger partial charge in [-0.1, -0.05) is 19.8 Å². The third-order valence-electron chi connectivity index (χ3n) is 5.35. The molecule has 3 aliphatic rings. The van der Waals surface area contributed by atoms with E-state index in [0.29, 0.717) is 11.5 Å². The fourth-order valence-corrected chi connectivity index (χ4v) is 4.16. The van der Waals surface area contributed by atoms with Gasteiger partial charge in [-0.15, -0.1) is 12.4 Å². The first kappa shape index (κ1) is 16.5. The third-order valence-corrected chi connectivity index (χ3v) is 5.35. The van der Waals surface area contributed by atoms with Gasteiger partial charge in [-0.05, 0) is 44.1 Å². The van der Waals surface area contributed by atoms with Gasteiger partial charge in [-0.3, -0.25) is 4.90 Å². The second-order valence-electron chi connectivity index (χ2n) is 7.24. The van der Waals surface area contributed by atoms with E-state index in [1.165, 1.54) is 71.1 Å². The summed E-state index contributed by atoms with van der Waals surface area (Å²) >= 11 is 0. The highest BCUT2D eigenvalue weighted by atomic mass is 35.5. The molecule has 0 amide bonds. The Morgan fingerprint density at radius 1 is 1.20 bits per heavy atom. The smallest absolute Gasteiger partial charge is 0.0702 e. The minimum atomic E-state index is 0. The number of hydrogen-bond acceptors (Lipinski definition) is 3. The van der Waals surface area contributed by atoms with E-state index < -0.39 is 0 Å². The van der Waals surface area contributed by atoms with Crippen LogP contribution in [0.25, 0.3) is 0 Å². The molecule has 0 aromatic heterocycles. The lowest BCUT2D eigenvalue weighted by Gasteiger charge is -2.37. The number of nitrogens with zero attached hydrogens (tertiary/aromatic N) is 1. The minimum absolute atomic E-state index is 0. The Kier molecular flexibility index (Phi) is 6.15. The Balaban J connectivity index is 0.00000147. The minimum Gasteiger partial charge on any atom is -0.377 e. The highest BCUT2D eigenvalue weighted by Crippen LogP contribution is 2.31. The first-order valence-electron chi connectivity index (χ1n) is 8.32. The van der Waals surface area contributed by atoms with Crippen molar-refractivity contribution in [1.29, 1.82) is 0 Å². The summed E-state index contributed by atoms with van der Waals surface area (Å²) in [6.45, 7) is 8.30. The summed E-state index contributed by atoms with van der Waals surface area (Å²) in [5.74, 6) is 0. The van der Waals surface area contributed by atoms with Gasteiger partial charge < -0.3 is 10.1 Å². The second-order valence-corrected chi connectivity index (χ2v) is 7.24. The Bertz CT molecular complexity index is 282.